The fraction of sp³-hybridized carbons (Fsp3) is 0.154. The molecule has 2 rings (SSSR count). The van der Waals surface area contributed by atoms with E-state index in [-0.39, 0.29) is 16.4 Å². The van der Waals surface area contributed by atoms with Gasteiger partial charge in [-0.2, -0.15) is 5.26 Å². The summed E-state index contributed by atoms with van der Waals surface area (Å²) >= 11 is 8.51. The summed E-state index contributed by atoms with van der Waals surface area (Å²) in [5.41, 5.74) is 12.3. The van der Waals surface area contributed by atoms with Gasteiger partial charge in [0.1, 0.15) is 11.7 Å². The van der Waals surface area contributed by atoms with Gasteiger partial charge >= 0.3 is 0 Å². The quantitative estimate of drug-likeness (QED) is 0.696. The van der Waals surface area contributed by atoms with E-state index in [0.717, 1.165) is 10.0 Å². The van der Waals surface area contributed by atoms with Crippen molar-refractivity contribution in [1.29, 1.82) is 5.26 Å². The molecule has 2 atom stereocenters. The first-order valence-electron chi connectivity index (χ1n) is 5.71. The molecule has 5 nitrogen and oxygen atoms in total. The van der Waals surface area contributed by atoms with Gasteiger partial charge in [-0.05, 0) is 17.7 Å². The fourth-order valence-electron chi connectivity index (χ4n) is 2.25. The summed E-state index contributed by atoms with van der Waals surface area (Å²) in [6, 6.07) is 9.33. The number of halogens is 1. The van der Waals surface area contributed by atoms with Crippen LogP contribution in [0.5, 0.6) is 0 Å². The second-order valence-electron chi connectivity index (χ2n) is 4.34. The molecule has 1 aromatic rings. The molecule has 5 N–H and O–H groups in total. The van der Waals surface area contributed by atoms with Gasteiger partial charge in [-0.3, -0.25) is 4.79 Å². The number of nitrogens with two attached hydrogens (primary N) is 2. The van der Waals surface area contributed by atoms with Crippen molar-refractivity contribution >= 4 is 39.0 Å². The summed E-state index contributed by atoms with van der Waals surface area (Å²) in [5.74, 6) is -1.78. The van der Waals surface area contributed by atoms with Crippen LogP contribution < -0.4 is 16.8 Å². The van der Waals surface area contributed by atoms with E-state index in [9.17, 15) is 10.1 Å². The van der Waals surface area contributed by atoms with Gasteiger partial charge in [0.2, 0.25) is 5.91 Å². The second-order valence-corrected chi connectivity index (χ2v) is 5.70. The fourth-order valence-corrected chi connectivity index (χ4v) is 3.02. The summed E-state index contributed by atoms with van der Waals surface area (Å²) < 4.78 is 0.832. The number of allylic oxidation sites excluding steroid dienone is 1. The average molecular weight is 351 g/mol. The van der Waals surface area contributed by atoms with Gasteiger partial charge in [0, 0.05) is 10.4 Å². The Balaban J connectivity index is 2.64. The van der Waals surface area contributed by atoms with Crippen LogP contribution in [0.1, 0.15) is 11.5 Å². The van der Waals surface area contributed by atoms with Crippen LogP contribution in [-0.2, 0) is 4.79 Å². The first-order chi connectivity index (χ1) is 9.45. The number of rotatable bonds is 2. The third-order valence-electron chi connectivity index (χ3n) is 3.11. The van der Waals surface area contributed by atoms with Crippen molar-refractivity contribution in [3.63, 3.8) is 0 Å². The van der Waals surface area contributed by atoms with Crippen LogP contribution in [0.4, 0.5) is 0 Å². The standard InChI is InChI=1S/C13H11BrN4OS/c14-7-3-1-2-6(4-7)9-8(5-15)11(16)18-13(20)10(9)12(17)19/h1-4,9-10H,16H2,(H2,17,19)(H,18,20)/t9-,10+/m0/s1. The minimum Gasteiger partial charge on any atom is -0.384 e. The maximum atomic E-state index is 11.7. The smallest absolute Gasteiger partial charge is 0.228 e. The molecule has 0 bridgehead atoms. The lowest BCUT2D eigenvalue weighted by molar-refractivity contribution is -0.120. The number of nitrogens with one attached hydrogen (secondary N) is 1. The van der Waals surface area contributed by atoms with Crippen molar-refractivity contribution in [3.8, 4) is 6.07 Å². The molecule has 0 aromatic heterocycles. The van der Waals surface area contributed by atoms with E-state index in [4.69, 9.17) is 23.7 Å². The van der Waals surface area contributed by atoms with Crippen molar-refractivity contribution in [2.75, 3.05) is 0 Å². The summed E-state index contributed by atoms with van der Waals surface area (Å²) in [7, 11) is 0. The highest BCUT2D eigenvalue weighted by Crippen LogP contribution is 2.36. The van der Waals surface area contributed by atoms with E-state index in [1.54, 1.807) is 0 Å². The normalized spacial score (nSPS) is 22.1. The topological polar surface area (TPSA) is 105 Å². The number of primary amides is 1. The lowest BCUT2D eigenvalue weighted by atomic mass is 9.78. The lowest BCUT2D eigenvalue weighted by Gasteiger charge is -2.31. The highest BCUT2D eigenvalue weighted by atomic mass is 79.9. The third-order valence-corrected chi connectivity index (χ3v) is 3.96. The molecule has 0 saturated carbocycles. The SMILES string of the molecule is N#CC1=C(N)NC(=S)[C@@H](C(N)=O)[C@H]1c1cccc(Br)c1. The molecule has 0 fully saturated rings. The Morgan fingerprint density at radius 2 is 2.20 bits per heavy atom. The van der Waals surface area contributed by atoms with E-state index in [1.165, 1.54) is 0 Å². The summed E-state index contributed by atoms with van der Waals surface area (Å²) in [5, 5.41) is 12.0. The Kier molecular flexibility index (Phi) is 4.06. The van der Waals surface area contributed by atoms with Crippen LogP contribution in [0.3, 0.4) is 0 Å². The Morgan fingerprint density at radius 1 is 1.50 bits per heavy atom. The molecule has 0 unspecified atom stereocenters. The number of benzene rings is 1. The Bertz CT molecular complexity index is 665. The van der Waals surface area contributed by atoms with E-state index in [0.29, 0.717) is 0 Å². The molecule has 1 amide bonds. The molecule has 102 valence electrons. The maximum Gasteiger partial charge on any atom is 0.228 e. The number of nitrogens with zero attached hydrogens (tertiary/aromatic N) is 1. The molecule has 0 spiro atoms. The molecule has 0 aliphatic carbocycles. The van der Waals surface area contributed by atoms with Gasteiger partial charge < -0.3 is 16.8 Å². The molecule has 1 aliphatic rings. The molecule has 1 heterocycles. The number of amides is 1. The number of hydrogen-bond acceptors (Lipinski definition) is 4. The van der Waals surface area contributed by atoms with Crippen molar-refractivity contribution in [2.24, 2.45) is 17.4 Å². The number of carbonyl (C=O) groups is 1. The van der Waals surface area contributed by atoms with Gasteiger partial charge in [0.25, 0.3) is 0 Å². The summed E-state index contributed by atoms with van der Waals surface area (Å²) in [4.78, 5) is 11.9. The second kappa shape index (κ2) is 5.61. The minimum absolute atomic E-state index is 0.167. The zero-order valence-electron chi connectivity index (χ0n) is 10.3. The summed E-state index contributed by atoms with van der Waals surface area (Å²) in [6.07, 6.45) is 0. The van der Waals surface area contributed by atoms with Crippen LogP contribution in [-0.4, -0.2) is 10.9 Å². The monoisotopic (exact) mass is 350 g/mol. The first kappa shape index (κ1) is 14.5. The predicted molar refractivity (Wildman–Crippen MR) is 82.1 cm³/mol. The molecule has 0 radical (unpaired) electrons. The molecule has 20 heavy (non-hydrogen) atoms. The zero-order chi connectivity index (χ0) is 14.9. The molecule has 0 saturated heterocycles. The highest BCUT2D eigenvalue weighted by Gasteiger charge is 2.39. The van der Waals surface area contributed by atoms with E-state index < -0.39 is 17.7 Å². The van der Waals surface area contributed by atoms with Gasteiger partial charge in [-0.25, -0.2) is 0 Å². The van der Waals surface area contributed by atoms with Gasteiger partial charge in [-0.15, -0.1) is 0 Å². The van der Waals surface area contributed by atoms with Crippen LogP contribution in [0.2, 0.25) is 0 Å². The van der Waals surface area contributed by atoms with Crippen LogP contribution in [0.15, 0.2) is 40.1 Å². The minimum atomic E-state index is -0.791. The average Bonchev–Trinajstić information content (AvgIpc) is 2.37. The molecular formula is C13H11BrN4OS. The first-order valence-corrected chi connectivity index (χ1v) is 6.91. The molecule has 1 aromatic carbocycles. The number of hydrogen-bond donors (Lipinski definition) is 3. The van der Waals surface area contributed by atoms with E-state index in [2.05, 4.69) is 21.2 Å². The van der Waals surface area contributed by atoms with Gasteiger partial charge in [-0.1, -0.05) is 40.3 Å². The van der Waals surface area contributed by atoms with Crippen molar-refractivity contribution in [2.45, 2.75) is 5.92 Å². The zero-order valence-corrected chi connectivity index (χ0v) is 12.7. The lowest BCUT2D eigenvalue weighted by Crippen LogP contribution is -2.47. The molecule has 1 aliphatic heterocycles. The largest absolute Gasteiger partial charge is 0.384 e. The van der Waals surface area contributed by atoms with E-state index >= 15 is 0 Å². The Hall–Kier alpha value is -1.91. The summed E-state index contributed by atoms with van der Waals surface area (Å²) in [6.45, 7) is 0. The third kappa shape index (κ3) is 2.53. The number of thiocarbonyl (C=S) groups is 1. The Labute approximate surface area is 129 Å². The number of nitriles is 1. The maximum absolute atomic E-state index is 11.7. The van der Waals surface area contributed by atoms with Crippen molar-refractivity contribution in [1.82, 2.24) is 5.32 Å². The number of carbonyl (C=O) groups excluding carboxylic acids is 1. The van der Waals surface area contributed by atoms with Crippen molar-refractivity contribution < 1.29 is 4.79 Å². The Morgan fingerprint density at radius 3 is 2.75 bits per heavy atom. The molecule has 7 heteroatoms. The van der Waals surface area contributed by atoms with Crippen LogP contribution >= 0.6 is 28.1 Å². The van der Waals surface area contributed by atoms with Gasteiger partial charge in [0.05, 0.1) is 16.6 Å². The van der Waals surface area contributed by atoms with Crippen LogP contribution in [0, 0.1) is 17.2 Å². The van der Waals surface area contributed by atoms with E-state index in [1.807, 2.05) is 30.3 Å². The predicted octanol–water partition coefficient (Wildman–Crippen LogP) is 1.26. The molecular weight excluding hydrogens is 340 g/mol. The van der Waals surface area contributed by atoms with Crippen molar-refractivity contribution in [3.05, 3.63) is 45.7 Å². The van der Waals surface area contributed by atoms with Gasteiger partial charge in [0.15, 0.2) is 0 Å². The van der Waals surface area contributed by atoms with Crippen LogP contribution in [0.25, 0.3) is 0 Å². The highest BCUT2D eigenvalue weighted by molar-refractivity contribution is 9.10.